The zero-order valence-corrected chi connectivity index (χ0v) is 17.3. The van der Waals surface area contributed by atoms with Crippen LogP contribution in [0.1, 0.15) is 49.6 Å². The van der Waals surface area contributed by atoms with Crippen molar-refractivity contribution in [1.82, 2.24) is 14.6 Å². The summed E-state index contributed by atoms with van der Waals surface area (Å²) in [5.74, 6) is 0.812. The Morgan fingerprint density at radius 3 is 2.32 bits per heavy atom. The molecule has 0 atom stereocenters. The van der Waals surface area contributed by atoms with E-state index >= 15 is 0 Å². The average molecular weight is 432 g/mol. The van der Waals surface area contributed by atoms with Gasteiger partial charge in [0.25, 0.3) is 0 Å². The molecule has 1 aliphatic heterocycles. The van der Waals surface area contributed by atoms with Crippen LogP contribution in [0.25, 0.3) is 5.65 Å². The minimum Gasteiger partial charge on any atom is -0.371 e. The van der Waals surface area contributed by atoms with Crippen molar-refractivity contribution in [2.75, 3.05) is 18.0 Å². The Balaban J connectivity index is 1.45. The predicted octanol–water partition coefficient (Wildman–Crippen LogP) is 5.40. The molecule has 1 saturated carbocycles. The lowest BCUT2D eigenvalue weighted by molar-refractivity contribution is -0.136. The van der Waals surface area contributed by atoms with Crippen LogP contribution in [0.2, 0.25) is 0 Å². The van der Waals surface area contributed by atoms with Crippen molar-refractivity contribution < 1.29 is 17.6 Å². The topological polar surface area (TPSA) is 33.4 Å². The number of benzene rings is 1. The molecule has 0 radical (unpaired) electrons. The number of halogens is 4. The fourth-order valence-corrected chi connectivity index (χ4v) is 4.63. The molecule has 3 aromatic rings. The zero-order chi connectivity index (χ0) is 21.8. The van der Waals surface area contributed by atoms with Gasteiger partial charge in [0.05, 0.1) is 5.69 Å². The molecule has 164 valence electrons. The van der Waals surface area contributed by atoms with Gasteiger partial charge in [0, 0.05) is 25.7 Å². The molecule has 8 heteroatoms. The van der Waals surface area contributed by atoms with Gasteiger partial charge in [0.15, 0.2) is 5.65 Å². The fraction of sp³-hybridized carbons (Fsp3) is 0.478. The molecule has 3 heterocycles. The second-order valence-electron chi connectivity index (χ2n) is 9.09. The summed E-state index contributed by atoms with van der Waals surface area (Å²) in [5.41, 5.74) is 0.148. The highest BCUT2D eigenvalue weighted by Gasteiger charge is 2.41. The largest absolute Gasteiger partial charge is 0.422 e. The van der Waals surface area contributed by atoms with Crippen molar-refractivity contribution in [3.8, 4) is 0 Å². The normalized spacial score (nSPS) is 19.2. The van der Waals surface area contributed by atoms with E-state index in [2.05, 4.69) is 17.1 Å². The number of anilines is 1. The van der Waals surface area contributed by atoms with Gasteiger partial charge < -0.3 is 4.90 Å². The molecule has 2 aliphatic rings. The van der Waals surface area contributed by atoms with Crippen LogP contribution >= 0.6 is 0 Å². The van der Waals surface area contributed by atoms with Gasteiger partial charge in [0.2, 0.25) is 0 Å². The van der Waals surface area contributed by atoms with Gasteiger partial charge in [-0.05, 0) is 60.8 Å². The zero-order valence-electron chi connectivity index (χ0n) is 17.3. The maximum atomic E-state index is 14.1. The average Bonchev–Trinajstić information content (AvgIpc) is 3.46. The van der Waals surface area contributed by atoms with Crippen molar-refractivity contribution in [3.63, 3.8) is 0 Å². The first kappa shape index (κ1) is 20.3. The van der Waals surface area contributed by atoms with E-state index in [-0.39, 0.29) is 22.6 Å². The summed E-state index contributed by atoms with van der Waals surface area (Å²) in [6.45, 7) is 3.06. The van der Waals surface area contributed by atoms with Gasteiger partial charge in [-0.2, -0.15) is 13.2 Å². The smallest absolute Gasteiger partial charge is 0.371 e. The lowest BCUT2D eigenvalue weighted by Gasteiger charge is -2.41. The Bertz CT molecular complexity index is 1090. The van der Waals surface area contributed by atoms with Gasteiger partial charge in [-0.3, -0.25) is 4.40 Å². The molecule has 2 aromatic heterocycles. The molecule has 5 rings (SSSR count). The number of piperidine rings is 1. The molecule has 2 fully saturated rings. The number of hydrogen-bond donors (Lipinski definition) is 0. The third-order valence-corrected chi connectivity index (χ3v) is 6.83. The van der Waals surface area contributed by atoms with E-state index in [1.54, 1.807) is 29.3 Å². The van der Waals surface area contributed by atoms with Crippen LogP contribution in [0.4, 0.5) is 23.2 Å². The summed E-state index contributed by atoms with van der Waals surface area (Å²) in [6.07, 6.45) is 1.36. The number of nitrogens with zero attached hydrogens (tertiary/aromatic N) is 4. The van der Waals surface area contributed by atoms with Gasteiger partial charge in [0.1, 0.15) is 17.2 Å². The van der Waals surface area contributed by atoms with Gasteiger partial charge in [-0.15, -0.1) is 10.2 Å². The number of aromatic nitrogens is 3. The van der Waals surface area contributed by atoms with Gasteiger partial charge in [-0.25, -0.2) is 4.39 Å². The third-order valence-electron chi connectivity index (χ3n) is 6.83. The Kier molecular flexibility index (Phi) is 4.71. The summed E-state index contributed by atoms with van der Waals surface area (Å²) in [5, 5.41) is 8.01. The summed E-state index contributed by atoms with van der Waals surface area (Å²) >= 11 is 0. The SMILES string of the molecule is CC1(c2ccc(F)cc2)CCN(c2ccn3c(CC4CC4)nnc3c2C(F)(F)F)CC1. The Morgan fingerprint density at radius 2 is 1.71 bits per heavy atom. The van der Waals surface area contributed by atoms with E-state index in [4.69, 9.17) is 0 Å². The Morgan fingerprint density at radius 1 is 1.03 bits per heavy atom. The molecular formula is C23H24F4N4. The van der Waals surface area contributed by atoms with Crippen molar-refractivity contribution in [2.24, 2.45) is 5.92 Å². The van der Waals surface area contributed by atoms with E-state index < -0.39 is 11.7 Å². The van der Waals surface area contributed by atoms with E-state index in [0.717, 1.165) is 18.4 Å². The summed E-state index contributed by atoms with van der Waals surface area (Å²) in [4.78, 5) is 1.79. The molecule has 0 N–H and O–H groups in total. The van der Waals surface area contributed by atoms with E-state index in [1.165, 1.54) is 16.5 Å². The van der Waals surface area contributed by atoms with Crippen molar-refractivity contribution >= 4 is 11.3 Å². The van der Waals surface area contributed by atoms with Crippen LogP contribution in [0.15, 0.2) is 36.5 Å². The second-order valence-corrected chi connectivity index (χ2v) is 9.09. The van der Waals surface area contributed by atoms with Crippen molar-refractivity contribution in [2.45, 2.75) is 50.6 Å². The molecule has 4 nitrogen and oxygen atoms in total. The summed E-state index contributed by atoms with van der Waals surface area (Å²) in [6, 6.07) is 7.97. The summed E-state index contributed by atoms with van der Waals surface area (Å²) in [7, 11) is 0. The van der Waals surface area contributed by atoms with Crippen LogP contribution in [0.5, 0.6) is 0 Å². The fourth-order valence-electron chi connectivity index (χ4n) is 4.63. The highest BCUT2D eigenvalue weighted by molar-refractivity contribution is 5.67. The minimum absolute atomic E-state index is 0.118. The number of hydrogen-bond acceptors (Lipinski definition) is 3. The predicted molar refractivity (Wildman–Crippen MR) is 110 cm³/mol. The maximum Gasteiger partial charge on any atom is 0.422 e. The van der Waals surface area contributed by atoms with Crippen LogP contribution in [0, 0.1) is 11.7 Å². The Labute approximate surface area is 177 Å². The van der Waals surface area contributed by atoms with Crippen LogP contribution < -0.4 is 4.90 Å². The minimum atomic E-state index is -4.53. The number of pyridine rings is 1. The summed E-state index contributed by atoms with van der Waals surface area (Å²) < 4.78 is 57.2. The van der Waals surface area contributed by atoms with Crippen molar-refractivity contribution in [1.29, 1.82) is 0 Å². The molecular weight excluding hydrogens is 408 g/mol. The standard InChI is InChI=1S/C23H24F4N4/c1-22(16-4-6-17(24)7-5-16)9-12-30(13-10-22)18-8-11-31-19(14-15-2-3-15)28-29-21(31)20(18)23(25,26)27/h4-8,11,15H,2-3,9-10,12-14H2,1H3. The first-order chi connectivity index (χ1) is 14.7. The van der Waals surface area contributed by atoms with Crippen LogP contribution in [-0.4, -0.2) is 27.7 Å². The quantitative estimate of drug-likeness (QED) is 0.518. The van der Waals surface area contributed by atoms with Gasteiger partial charge >= 0.3 is 6.18 Å². The molecule has 1 saturated heterocycles. The molecule has 1 aromatic carbocycles. The van der Waals surface area contributed by atoms with E-state index in [0.29, 0.717) is 44.1 Å². The Hall–Kier alpha value is -2.64. The number of alkyl halides is 3. The lowest BCUT2D eigenvalue weighted by atomic mass is 9.74. The monoisotopic (exact) mass is 432 g/mol. The maximum absolute atomic E-state index is 14.1. The molecule has 0 amide bonds. The molecule has 0 unspecified atom stereocenters. The van der Waals surface area contributed by atoms with E-state index in [9.17, 15) is 17.6 Å². The lowest BCUT2D eigenvalue weighted by Crippen LogP contribution is -2.41. The van der Waals surface area contributed by atoms with E-state index in [1.807, 2.05) is 0 Å². The number of fused-ring (bicyclic) bond motifs is 1. The third kappa shape index (κ3) is 3.77. The molecule has 31 heavy (non-hydrogen) atoms. The van der Waals surface area contributed by atoms with Crippen LogP contribution in [0.3, 0.4) is 0 Å². The molecule has 1 aliphatic carbocycles. The first-order valence-corrected chi connectivity index (χ1v) is 10.7. The highest BCUT2D eigenvalue weighted by Crippen LogP contribution is 2.43. The van der Waals surface area contributed by atoms with Crippen molar-refractivity contribution in [3.05, 3.63) is 59.3 Å². The van der Waals surface area contributed by atoms with Crippen LogP contribution in [-0.2, 0) is 18.0 Å². The molecule has 0 spiro atoms. The highest BCUT2D eigenvalue weighted by atomic mass is 19.4. The molecule has 0 bridgehead atoms. The number of rotatable bonds is 4. The second kappa shape index (κ2) is 7.21. The van der Waals surface area contributed by atoms with Gasteiger partial charge in [-0.1, -0.05) is 19.1 Å². The first-order valence-electron chi connectivity index (χ1n) is 10.7.